The third-order valence-corrected chi connectivity index (χ3v) is 5.66. The Balaban J connectivity index is 2.15. The molecule has 1 heterocycles. The van der Waals surface area contributed by atoms with Gasteiger partial charge in [-0.3, -0.25) is 0 Å². The van der Waals surface area contributed by atoms with Crippen LogP contribution in [0.2, 0.25) is 0 Å². The van der Waals surface area contributed by atoms with Crippen LogP contribution >= 0.6 is 0 Å². The van der Waals surface area contributed by atoms with Crippen LogP contribution in [0.5, 0.6) is 5.75 Å². The summed E-state index contributed by atoms with van der Waals surface area (Å²) in [6.45, 7) is 0.540. The molecule has 1 aromatic rings. The van der Waals surface area contributed by atoms with Gasteiger partial charge in [0.1, 0.15) is 15.6 Å². The minimum absolute atomic E-state index is 0.214. The summed E-state index contributed by atoms with van der Waals surface area (Å²) in [5.41, 5.74) is 7.05. The molecule has 0 saturated carbocycles. The Kier molecular flexibility index (Phi) is 4.47. The van der Waals surface area contributed by atoms with Gasteiger partial charge >= 0.3 is 0 Å². The molecule has 0 radical (unpaired) electrons. The quantitative estimate of drug-likeness (QED) is 0.910. The molecule has 2 rings (SSSR count). The van der Waals surface area contributed by atoms with Crippen molar-refractivity contribution in [3.63, 3.8) is 0 Å². The van der Waals surface area contributed by atoms with Crippen LogP contribution < -0.4 is 10.5 Å². The van der Waals surface area contributed by atoms with Crippen LogP contribution in [0.15, 0.2) is 24.3 Å². The van der Waals surface area contributed by atoms with Crippen LogP contribution in [-0.2, 0) is 9.84 Å². The number of nitrogens with two attached hydrogens (primary N) is 1. The highest BCUT2D eigenvalue weighted by atomic mass is 32.2. The van der Waals surface area contributed by atoms with Crippen LogP contribution in [0.1, 0.15) is 24.3 Å². The van der Waals surface area contributed by atoms with Gasteiger partial charge in [-0.1, -0.05) is 12.1 Å². The molecule has 1 atom stereocenters. The normalized spacial score (nSPS) is 20.9. The van der Waals surface area contributed by atoms with E-state index in [1.807, 2.05) is 24.3 Å². The van der Waals surface area contributed by atoms with Gasteiger partial charge in [-0.2, -0.15) is 0 Å². The van der Waals surface area contributed by atoms with Crippen molar-refractivity contribution in [2.75, 3.05) is 25.2 Å². The van der Waals surface area contributed by atoms with Crippen molar-refractivity contribution in [2.24, 2.45) is 11.7 Å². The Morgan fingerprint density at radius 1 is 1.37 bits per heavy atom. The maximum Gasteiger partial charge on any atom is 0.150 e. The zero-order valence-electron chi connectivity index (χ0n) is 11.2. The van der Waals surface area contributed by atoms with E-state index >= 15 is 0 Å². The Labute approximate surface area is 114 Å². The highest BCUT2D eigenvalue weighted by Gasteiger charge is 2.29. The third kappa shape index (κ3) is 3.48. The first-order valence-electron chi connectivity index (χ1n) is 6.60. The SMILES string of the molecule is COc1cccc(C(CN)C2CCS(=O)(=O)CC2)c1. The van der Waals surface area contributed by atoms with Crippen LogP contribution in [0.25, 0.3) is 0 Å². The molecule has 2 N–H and O–H groups in total. The lowest BCUT2D eigenvalue weighted by Gasteiger charge is -2.29. The van der Waals surface area contributed by atoms with Crippen molar-refractivity contribution in [1.82, 2.24) is 0 Å². The predicted octanol–water partition coefficient (Wildman–Crippen LogP) is 1.56. The van der Waals surface area contributed by atoms with E-state index in [9.17, 15) is 8.42 Å². The molecule has 1 unspecified atom stereocenters. The van der Waals surface area contributed by atoms with Crippen LogP contribution in [0, 0.1) is 5.92 Å². The molecule has 0 amide bonds. The van der Waals surface area contributed by atoms with Gasteiger partial charge < -0.3 is 10.5 Å². The van der Waals surface area contributed by atoms with Gasteiger partial charge in [-0.15, -0.1) is 0 Å². The summed E-state index contributed by atoms with van der Waals surface area (Å²) >= 11 is 0. The van der Waals surface area contributed by atoms with Gasteiger partial charge in [0.05, 0.1) is 18.6 Å². The summed E-state index contributed by atoms with van der Waals surface area (Å²) in [6, 6.07) is 7.91. The fraction of sp³-hybridized carbons (Fsp3) is 0.571. The first kappa shape index (κ1) is 14.3. The number of ether oxygens (including phenoxy) is 1. The highest BCUT2D eigenvalue weighted by Crippen LogP contribution is 2.34. The highest BCUT2D eigenvalue weighted by molar-refractivity contribution is 7.91. The molecule has 0 spiro atoms. The lowest BCUT2D eigenvalue weighted by atomic mass is 9.82. The van der Waals surface area contributed by atoms with E-state index in [2.05, 4.69) is 0 Å². The van der Waals surface area contributed by atoms with E-state index in [-0.39, 0.29) is 17.4 Å². The number of rotatable bonds is 4. The number of sulfone groups is 1. The van der Waals surface area contributed by atoms with Crippen molar-refractivity contribution < 1.29 is 13.2 Å². The molecule has 1 saturated heterocycles. The molecule has 1 aliphatic rings. The van der Waals surface area contributed by atoms with E-state index in [0.717, 1.165) is 11.3 Å². The van der Waals surface area contributed by atoms with Crippen LogP contribution in [-0.4, -0.2) is 33.6 Å². The summed E-state index contributed by atoms with van der Waals surface area (Å²) in [6.07, 6.45) is 1.42. The number of methoxy groups -OCH3 is 1. The standard InChI is InChI=1S/C14H21NO3S/c1-18-13-4-2-3-12(9-13)14(10-15)11-5-7-19(16,17)8-6-11/h2-4,9,11,14H,5-8,10,15H2,1H3. The van der Waals surface area contributed by atoms with E-state index < -0.39 is 9.84 Å². The molecule has 1 aromatic carbocycles. The van der Waals surface area contributed by atoms with Crippen molar-refractivity contribution in [3.8, 4) is 5.75 Å². The molecule has 19 heavy (non-hydrogen) atoms. The number of hydrogen-bond donors (Lipinski definition) is 1. The average molecular weight is 283 g/mol. The van der Waals surface area contributed by atoms with Crippen LogP contribution in [0.3, 0.4) is 0 Å². The van der Waals surface area contributed by atoms with Gasteiger partial charge in [0, 0.05) is 0 Å². The summed E-state index contributed by atoms with van der Waals surface area (Å²) in [7, 11) is -1.18. The second-order valence-corrected chi connectivity index (χ2v) is 7.41. The Morgan fingerprint density at radius 2 is 2.05 bits per heavy atom. The molecule has 0 aromatic heterocycles. The Morgan fingerprint density at radius 3 is 2.63 bits per heavy atom. The summed E-state index contributed by atoms with van der Waals surface area (Å²) in [5.74, 6) is 1.96. The topological polar surface area (TPSA) is 69.4 Å². The maximum absolute atomic E-state index is 11.5. The van der Waals surface area contributed by atoms with Gasteiger partial charge in [-0.05, 0) is 48.9 Å². The molecular formula is C14H21NO3S. The van der Waals surface area contributed by atoms with E-state index in [1.165, 1.54) is 0 Å². The third-order valence-electron chi connectivity index (χ3n) is 3.94. The molecule has 0 aliphatic carbocycles. The summed E-state index contributed by atoms with van der Waals surface area (Å²) in [5, 5.41) is 0. The predicted molar refractivity (Wildman–Crippen MR) is 76.2 cm³/mol. The monoisotopic (exact) mass is 283 g/mol. The van der Waals surface area contributed by atoms with Gasteiger partial charge in [-0.25, -0.2) is 8.42 Å². The van der Waals surface area contributed by atoms with E-state index in [4.69, 9.17) is 10.5 Å². The van der Waals surface area contributed by atoms with Crippen molar-refractivity contribution in [2.45, 2.75) is 18.8 Å². The van der Waals surface area contributed by atoms with Crippen molar-refractivity contribution >= 4 is 9.84 Å². The molecule has 1 fully saturated rings. The zero-order chi connectivity index (χ0) is 13.9. The smallest absolute Gasteiger partial charge is 0.150 e. The van der Waals surface area contributed by atoms with Crippen molar-refractivity contribution in [1.29, 1.82) is 0 Å². The first-order valence-corrected chi connectivity index (χ1v) is 8.42. The van der Waals surface area contributed by atoms with Crippen LogP contribution in [0.4, 0.5) is 0 Å². The molecular weight excluding hydrogens is 262 g/mol. The second kappa shape index (κ2) is 5.92. The number of benzene rings is 1. The maximum atomic E-state index is 11.5. The van der Waals surface area contributed by atoms with E-state index in [1.54, 1.807) is 7.11 Å². The van der Waals surface area contributed by atoms with Gasteiger partial charge in [0.25, 0.3) is 0 Å². The lowest BCUT2D eigenvalue weighted by Crippen LogP contribution is -2.30. The number of hydrogen-bond acceptors (Lipinski definition) is 4. The van der Waals surface area contributed by atoms with Crippen molar-refractivity contribution in [3.05, 3.63) is 29.8 Å². The molecule has 5 heteroatoms. The largest absolute Gasteiger partial charge is 0.497 e. The molecule has 106 valence electrons. The average Bonchev–Trinajstić information content (AvgIpc) is 2.41. The van der Waals surface area contributed by atoms with Gasteiger partial charge in [0.2, 0.25) is 0 Å². The first-order chi connectivity index (χ1) is 9.05. The second-order valence-electron chi connectivity index (χ2n) is 5.11. The Bertz CT molecular complexity index is 513. The van der Waals surface area contributed by atoms with E-state index in [0.29, 0.717) is 25.3 Å². The molecule has 1 aliphatic heterocycles. The molecule has 0 bridgehead atoms. The zero-order valence-corrected chi connectivity index (χ0v) is 12.0. The Hall–Kier alpha value is -1.07. The summed E-state index contributed by atoms with van der Waals surface area (Å²) < 4.78 is 28.2. The minimum Gasteiger partial charge on any atom is -0.497 e. The van der Waals surface area contributed by atoms with Gasteiger partial charge in [0.15, 0.2) is 0 Å². The summed E-state index contributed by atoms with van der Waals surface area (Å²) in [4.78, 5) is 0. The fourth-order valence-corrected chi connectivity index (χ4v) is 4.31. The minimum atomic E-state index is -2.82. The lowest BCUT2D eigenvalue weighted by molar-refractivity contribution is 0.384. The fourth-order valence-electron chi connectivity index (χ4n) is 2.78. The molecule has 4 nitrogen and oxygen atoms in total.